The van der Waals surface area contributed by atoms with E-state index in [1.165, 1.54) is 30.3 Å². The van der Waals surface area contributed by atoms with E-state index in [2.05, 4.69) is 0 Å². The molecule has 3 aromatic carbocycles. The normalized spacial score (nSPS) is 10.8. The molecule has 0 aliphatic rings. The van der Waals surface area contributed by atoms with Crippen LogP contribution in [-0.4, -0.2) is 34.0 Å². The molecule has 1 N–H and O–H groups in total. The summed E-state index contributed by atoms with van der Waals surface area (Å²) < 4.78 is 17.5. The summed E-state index contributed by atoms with van der Waals surface area (Å²) >= 11 is 0. The zero-order chi connectivity index (χ0) is 26.4. The van der Waals surface area contributed by atoms with Gasteiger partial charge in [0.15, 0.2) is 5.75 Å². The minimum absolute atomic E-state index is 0.0175. The molecule has 3 rings (SSSR count). The number of carboxylic acids is 1. The minimum Gasteiger partial charge on any atom is -0.490 e. The molecule has 3 aromatic rings. The van der Waals surface area contributed by atoms with Crippen LogP contribution in [0.4, 0.5) is 5.69 Å². The largest absolute Gasteiger partial charge is 0.490 e. The Bertz CT molecular complexity index is 1270. The summed E-state index contributed by atoms with van der Waals surface area (Å²) in [5.74, 6) is -1.89. The van der Waals surface area contributed by atoms with Crippen LogP contribution >= 0.6 is 0 Å². The molecule has 0 spiro atoms. The summed E-state index contributed by atoms with van der Waals surface area (Å²) in [7, 11) is 0. The van der Waals surface area contributed by atoms with Crippen LogP contribution in [0.3, 0.4) is 0 Å². The minimum atomic E-state index is -1.17. The summed E-state index contributed by atoms with van der Waals surface area (Å²) in [5, 5.41) is 21.1. The van der Waals surface area contributed by atoms with Crippen LogP contribution in [0, 0.1) is 10.1 Å². The second kappa shape index (κ2) is 11.4. The number of nitro benzene ring substituents is 1. The van der Waals surface area contributed by atoms with E-state index in [4.69, 9.17) is 14.2 Å². The van der Waals surface area contributed by atoms with E-state index in [9.17, 15) is 24.8 Å². The summed E-state index contributed by atoms with van der Waals surface area (Å²) in [4.78, 5) is 36.4. The predicted octanol–water partition coefficient (Wildman–Crippen LogP) is 5.68. The number of hydrogen-bond donors (Lipinski definition) is 1. The van der Waals surface area contributed by atoms with E-state index in [1.54, 1.807) is 27.7 Å². The van der Waals surface area contributed by atoms with Gasteiger partial charge in [0, 0.05) is 6.07 Å². The first-order chi connectivity index (χ1) is 17.1. The fourth-order valence-electron chi connectivity index (χ4n) is 3.44. The van der Waals surface area contributed by atoms with Gasteiger partial charge >= 0.3 is 11.7 Å². The van der Waals surface area contributed by atoms with Crippen molar-refractivity contribution in [2.75, 3.05) is 0 Å². The molecule has 0 atom stereocenters. The highest BCUT2D eigenvalue weighted by Gasteiger charge is 2.30. The molecule has 0 heterocycles. The summed E-state index contributed by atoms with van der Waals surface area (Å²) in [5.41, 5.74) is 0.498. The molecule has 188 valence electrons. The second-order valence-electron chi connectivity index (χ2n) is 8.50. The van der Waals surface area contributed by atoms with Crippen LogP contribution in [0.15, 0.2) is 60.7 Å². The standard InChI is InChI=1S/C27H27NO8/c1-16(2)35-23-14-19(27(30)31)10-11-20(23)24(29)21-12-13-22(28(32)33)26(36-17(3)4)25(21)34-15-18-8-6-5-7-9-18/h5-14,16-17H,15H2,1-4H3,(H,30,31). The lowest BCUT2D eigenvalue weighted by atomic mass is 9.99. The van der Waals surface area contributed by atoms with Gasteiger partial charge in [0.1, 0.15) is 12.4 Å². The molecular weight excluding hydrogens is 466 g/mol. The van der Waals surface area contributed by atoms with Gasteiger partial charge in [-0.2, -0.15) is 0 Å². The van der Waals surface area contributed by atoms with E-state index >= 15 is 0 Å². The maximum atomic E-state index is 13.7. The lowest BCUT2D eigenvalue weighted by Gasteiger charge is -2.19. The zero-order valence-corrected chi connectivity index (χ0v) is 20.4. The molecule has 0 aromatic heterocycles. The summed E-state index contributed by atoms with van der Waals surface area (Å²) in [6.07, 6.45) is -0.783. The van der Waals surface area contributed by atoms with Gasteiger partial charge in [-0.1, -0.05) is 30.3 Å². The Hall–Kier alpha value is -4.40. The van der Waals surface area contributed by atoms with Crippen LogP contribution < -0.4 is 14.2 Å². The van der Waals surface area contributed by atoms with Crippen molar-refractivity contribution in [1.29, 1.82) is 0 Å². The zero-order valence-electron chi connectivity index (χ0n) is 20.4. The fourth-order valence-corrected chi connectivity index (χ4v) is 3.44. The van der Waals surface area contributed by atoms with Crippen LogP contribution in [0.5, 0.6) is 17.2 Å². The third-order valence-corrected chi connectivity index (χ3v) is 4.95. The fraction of sp³-hybridized carbons (Fsp3) is 0.259. The number of carboxylic acid groups (broad SMARTS) is 1. The number of rotatable bonds is 11. The Morgan fingerprint density at radius 2 is 1.53 bits per heavy atom. The molecular formula is C27H27NO8. The highest BCUT2D eigenvalue weighted by Crippen LogP contribution is 2.42. The quantitative estimate of drug-likeness (QED) is 0.205. The van der Waals surface area contributed by atoms with Crippen molar-refractivity contribution in [2.45, 2.75) is 46.5 Å². The monoisotopic (exact) mass is 493 g/mol. The lowest BCUT2D eigenvalue weighted by molar-refractivity contribution is -0.386. The third-order valence-electron chi connectivity index (χ3n) is 4.95. The third kappa shape index (κ3) is 6.18. The predicted molar refractivity (Wildman–Crippen MR) is 132 cm³/mol. The van der Waals surface area contributed by atoms with Gasteiger partial charge in [-0.15, -0.1) is 0 Å². The number of carbonyl (C=O) groups is 2. The molecule has 0 fully saturated rings. The van der Waals surface area contributed by atoms with Crippen molar-refractivity contribution in [3.8, 4) is 17.2 Å². The van der Waals surface area contributed by atoms with Gasteiger partial charge < -0.3 is 19.3 Å². The molecule has 0 aliphatic heterocycles. The van der Waals surface area contributed by atoms with Gasteiger partial charge in [-0.25, -0.2) is 4.79 Å². The Morgan fingerprint density at radius 3 is 2.11 bits per heavy atom. The second-order valence-corrected chi connectivity index (χ2v) is 8.50. The SMILES string of the molecule is CC(C)Oc1cc(C(=O)O)ccc1C(=O)c1ccc([N+](=O)[O-])c(OC(C)C)c1OCc1ccccc1. The number of ketones is 1. The Labute approximate surface area is 208 Å². The first-order valence-corrected chi connectivity index (χ1v) is 11.3. The van der Waals surface area contributed by atoms with Crippen LogP contribution in [0.1, 0.15) is 59.5 Å². The van der Waals surface area contributed by atoms with Crippen LogP contribution in [0.2, 0.25) is 0 Å². The van der Waals surface area contributed by atoms with E-state index in [0.717, 1.165) is 5.56 Å². The number of nitro groups is 1. The molecule has 0 saturated carbocycles. The molecule has 0 radical (unpaired) electrons. The van der Waals surface area contributed by atoms with Gasteiger partial charge in [0.2, 0.25) is 11.5 Å². The van der Waals surface area contributed by atoms with Crippen LogP contribution in [0.25, 0.3) is 0 Å². The van der Waals surface area contributed by atoms with Crippen molar-refractivity contribution in [1.82, 2.24) is 0 Å². The lowest BCUT2D eigenvalue weighted by Crippen LogP contribution is -2.15. The Morgan fingerprint density at radius 1 is 0.889 bits per heavy atom. The smallest absolute Gasteiger partial charge is 0.335 e. The molecule has 0 amide bonds. The van der Waals surface area contributed by atoms with Crippen molar-refractivity contribution in [2.24, 2.45) is 0 Å². The Kier molecular flexibility index (Phi) is 8.26. The number of aromatic carboxylic acids is 1. The summed E-state index contributed by atoms with van der Waals surface area (Å²) in [6.45, 7) is 6.94. The number of nitrogens with zero attached hydrogens (tertiary/aromatic N) is 1. The molecule has 0 aliphatic carbocycles. The molecule has 9 heteroatoms. The number of ether oxygens (including phenoxy) is 3. The number of hydrogen-bond acceptors (Lipinski definition) is 7. The van der Waals surface area contributed by atoms with Gasteiger partial charge in [-0.3, -0.25) is 14.9 Å². The molecule has 9 nitrogen and oxygen atoms in total. The topological polar surface area (TPSA) is 125 Å². The first kappa shape index (κ1) is 26.2. The molecule has 36 heavy (non-hydrogen) atoms. The number of carbonyl (C=O) groups excluding carboxylic acids is 1. The average molecular weight is 494 g/mol. The van der Waals surface area contributed by atoms with Gasteiger partial charge in [0.25, 0.3) is 0 Å². The Balaban J connectivity index is 2.18. The van der Waals surface area contributed by atoms with E-state index < -0.39 is 22.8 Å². The molecule has 0 unspecified atom stereocenters. The van der Waals surface area contributed by atoms with Gasteiger partial charge in [0.05, 0.1) is 33.8 Å². The first-order valence-electron chi connectivity index (χ1n) is 11.3. The highest BCUT2D eigenvalue weighted by molar-refractivity contribution is 6.13. The van der Waals surface area contributed by atoms with E-state index in [1.807, 2.05) is 30.3 Å². The highest BCUT2D eigenvalue weighted by atomic mass is 16.6. The number of benzene rings is 3. The van der Waals surface area contributed by atoms with Crippen molar-refractivity contribution in [3.63, 3.8) is 0 Å². The van der Waals surface area contributed by atoms with E-state index in [-0.39, 0.29) is 52.3 Å². The van der Waals surface area contributed by atoms with Crippen molar-refractivity contribution in [3.05, 3.63) is 93.0 Å². The maximum absolute atomic E-state index is 13.7. The van der Waals surface area contributed by atoms with Crippen molar-refractivity contribution >= 4 is 17.4 Å². The van der Waals surface area contributed by atoms with E-state index in [0.29, 0.717) is 0 Å². The maximum Gasteiger partial charge on any atom is 0.335 e. The summed E-state index contributed by atoms with van der Waals surface area (Å²) in [6, 6.07) is 15.5. The average Bonchev–Trinajstić information content (AvgIpc) is 2.82. The van der Waals surface area contributed by atoms with Crippen molar-refractivity contribution < 1.29 is 33.8 Å². The van der Waals surface area contributed by atoms with Gasteiger partial charge in [-0.05, 0) is 57.5 Å². The van der Waals surface area contributed by atoms with Crippen LogP contribution in [-0.2, 0) is 6.61 Å². The molecule has 0 saturated heterocycles. The molecule has 0 bridgehead atoms.